The second-order valence-electron chi connectivity index (χ2n) is 7.70. The summed E-state index contributed by atoms with van der Waals surface area (Å²) in [4.78, 5) is 20.4. The molecule has 3 rings (SSSR count). The van der Waals surface area contributed by atoms with E-state index < -0.39 is 0 Å². The number of benzene rings is 1. The molecular weight excluding hydrogens is 378 g/mol. The van der Waals surface area contributed by atoms with Gasteiger partial charge in [-0.2, -0.15) is 0 Å². The minimum Gasteiger partial charge on any atom is -0.298 e. The highest BCUT2D eigenvalue weighted by molar-refractivity contribution is 9.10. The van der Waals surface area contributed by atoms with Gasteiger partial charge < -0.3 is 0 Å². The second kappa shape index (κ2) is 7.58. The molecule has 0 N–H and O–H groups in total. The Morgan fingerprint density at radius 2 is 1.96 bits per heavy atom. The summed E-state index contributed by atoms with van der Waals surface area (Å²) in [6.07, 6.45) is 3.40. The van der Waals surface area contributed by atoms with Gasteiger partial charge in [0.2, 0.25) is 0 Å². The number of aromatic nitrogens is 2. The molecule has 0 bridgehead atoms. The Hall–Kier alpha value is -1.20. The van der Waals surface area contributed by atoms with Crippen LogP contribution in [0.5, 0.6) is 0 Å². The van der Waals surface area contributed by atoms with E-state index in [4.69, 9.17) is 4.98 Å². The third-order valence-electron chi connectivity index (χ3n) is 5.27. The fraction of sp³-hybridized carbons (Fsp3) is 0.600. The average molecular weight is 406 g/mol. The molecule has 2 aromatic rings. The SMILES string of the molecule is CCCC(c1nc2ccc(Br)cc2c(=O)n1C)N1C[C@H](C)C[C@H](C)C1. The van der Waals surface area contributed by atoms with E-state index in [1.165, 1.54) is 6.42 Å². The van der Waals surface area contributed by atoms with E-state index in [2.05, 4.69) is 41.6 Å². The Labute approximate surface area is 158 Å². The lowest BCUT2D eigenvalue weighted by molar-refractivity contribution is 0.0841. The Balaban J connectivity index is 2.08. The normalized spacial score (nSPS) is 23.1. The van der Waals surface area contributed by atoms with Crippen molar-refractivity contribution in [2.24, 2.45) is 18.9 Å². The summed E-state index contributed by atoms with van der Waals surface area (Å²) in [5.74, 6) is 2.29. The quantitative estimate of drug-likeness (QED) is 0.750. The van der Waals surface area contributed by atoms with E-state index in [0.717, 1.165) is 41.7 Å². The van der Waals surface area contributed by atoms with E-state index in [0.29, 0.717) is 17.2 Å². The lowest BCUT2D eigenvalue weighted by Gasteiger charge is -2.40. The molecule has 1 aliphatic heterocycles. The predicted octanol–water partition coefficient (Wildman–Crippen LogP) is 4.52. The van der Waals surface area contributed by atoms with E-state index in [9.17, 15) is 4.79 Å². The van der Waals surface area contributed by atoms with Crippen LogP contribution in [-0.2, 0) is 7.05 Å². The van der Waals surface area contributed by atoms with Crippen molar-refractivity contribution in [3.8, 4) is 0 Å². The summed E-state index contributed by atoms with van der Waals surface area (Å²) < 4.78 is 2.68. The van der Waals surface area contributed by atoms with Crippen LogP contribution in [0.15, 0.2) is 27.5 Å². The van der Waals surface area contributed by atoms with Gasteiger partial charge in [0.1, 0.15) is 5.82 Å². The second-order valence-corrected chi connectivity index (χ2v) is 8.62. The van der Waals surface area contributed by atoms with Crippen LogP contribution in [0.4, 0.5) is 0 Å². The van der Waals surface area contributed by atoms with Crippen LogP contribution in [0, 0.1) is 11.8 Å². The molecule has 0 radical (unpaired) electrons. The van der Waals surface area contributed by atoms with Gasteiger partial charge in [-0.1, -0.05) is 43.1 Å². The summed E-state index contributed by atoms with van der Waals surface area (Å²) in [6.45, 7) is 9.04. The predicted molar refractivity (Wildman–Crippen MR) is 107 cm³/mol. The molecular formula is C20H28BrN3O. The molecule has 1 aliphatic rings. The van der Waals surface area contributed by atoms with E-state index in [1.54, 1.807) is 4.57 Å². The van der Waals surface area contributed by atoms with Gasteiger partial charge in [0, 0.05) is 24.6 Å². The number of likely N-dealkylation sites (tertiary alicyclic amines) is 1. The van der Waals surface area contributed by atoms with Gasteiger partial charge in [-0.05, 0) is 42.9 Å². The minimum atomic E-state index is 0.0421. The zero-order valence-electron chi connectivity index (χ0n) is 15.6. The summed E-state index contributed by atoms with van der Waals surface area (Å²) in [6, 6.07) is 5.97. The molecule has 1 fully saturated rings. The van der Waals surface area contributed by atoms with E-state index >= 15 is 0 Å². The summed E-state index contributed by atoms with van der Waals surface area (Å²) >= 11 is 3.46. The molecule has 2 heterocycles. The number of piperidine rings is 1. The molecule has 0 amide bonds. The van der Waals surface area contributed by atoms with Gasteiger partial charge in [0.25, 0.3) is 5.56 Å². The van der Waals surface area contributed by atoms with Crippen molar-refractivity contribution in [1.29, 1.82) is 0 Å². The molecule has 1 aromatic carbocycles. The van der Waals surface area contributed by atoms with Crippen molar-refractivity contribution < 1.29 is 0 Å². The number of halogens is 1. The molecule has 5 heteroatoms. The first-order valence-corrected chi connectivity index (χ1v) is 10.1. The van der Waals surface area contributed by atoms with Crippen molar-refractivity contribution in [1.82, 2.24) is 14.5 Å². The van der Waals surface area contributed by atoms with Crippen molar-refractivity contribution in [2.45, 2.75) is 46.1 Å². The first-order valence-electron chi connectivity index (χ1n) is 9.31. The van der Waals surface area contributed by atoms with Crippen LogP contribution in [-0.4, -0.2) is 27.5 Å². The van der Waals surface area contributed by atoms with Gasteiger partial charge in [-0.3, -0.25) is 14.3 Å². The molecule has 1 unspecified atom stereocenters. The zero-order chi connectivity index (χ0) is 18.1. The molecule has 0 saturated carbocycles. The number of hydrogen-bond donors (Lipinski definition) is 0. The summed E-state index contributed by atoms with van der Waals surface area (Å²) in [5.41, 5.74) is 0.834. The molecule has 1 aromatic heterocycles. The summed E-state index contributed by atoms with van der Waals surface area (Å²) in [7, 11) is 1.87. The first-order chi connectivity index (χ1) is 11.9. The Kier molecular flexibility index (Phi) is 5.64. The highest BCUT2D eigenvalue weighted by atomic mass is 79.9. The molecule has 3 atom stereocenters. The maximum absolute atomic E-state index is 12.9. The largest absolute Gasteiger partial charge is 0.298 e. The molecule has 4 nitrogen and oxygen atoms in total. The Morgan fingerprint density at radius 3 is 2.60 bits per heavy atom. The van der Waals surface area contributed by atoms with Crippen LogP contribution in [0.1, 0.15) is 51.9 Å². The fourth-order valence-corrected chi connectivity index (χ4v) is 4.63. The van der Waals surface area contributed by atoms with Gasteiger partial charge in [0.15, 0.2) is 0 Å². The third-order valence-corrected chi connectivity index (χ3v) is 5.76. The highest BCUT2D eigenvalue weighted by Gasteiger charge is 2.30. The lowest BCUT2D eigenvalue weighted by atomic mass is 9.90. The van der Waals surface area contributed by atoms with Crippen LogP contribution < -0.4 is 5.56 Å². The number of rotatable bonds is 4. The highest BCUT2D eigenvalue weighted by Crippen LogP contribution is 2.31. The monoisotopic (exact) mass is 405 g/mol. The van der Waals surface area contributed by atoms with Gasteiger partial charge in [-0.25, -0.2) is 4.98 Å². The third kappa shape index (κ3) is 3.82. The minimum absolute atomic E-state index is 0.0421. The average Bonchev–Trinajstić information content (AvgIpc) is 2.56. The molecule has 136 valence electrons. The van der Waals surface area contributed by atoms with Gasteiger partial charge in [-0.15, -0.1) is 0 Å². The molecule has 0 spiro atoms. The number of nitrogens with zero attached hydrogens (tertiary/aromatic N) is 3. The Bertz CT molecular complexity index is 806. The first kappa shape index (κ1) is 18.6. The van der Waals surface area contributed by atoms with Crippen LogP contribution in [0.3, 0.4) is 0 Å². The van der Waals surface area contributed by atoms with E-state index in [1.807, 2.05) is 25.2 Å². The van der Waals surface area contributed by atoms with Crippen molar-refractivity contribution in [2.75, 3.05) is 13.1 Å². The number of fused-ring (bicyclic) bond motifs is 1. The smallest absolute Gasteiger partial charge is 0.261 e. The van der Waals surface area contributed by atoms with Gasteiger partial charge >= 0.3 is 0 Å². The lowest BCUT2D eigenvalue weighted by Crippen LogP contribution is -2.43. The topological polar surface area (TPSA) is 38.1 Å². The molecule has 1 saturated heterocycles. The van der Waals surface area contributed by atoms with Crippen molar-refractivity contribution in [3.05, 3.63) is 38.9 Å². The molecule has 0 aliphatic carbocycles. The standard InChI is InChI=1S/C20H28BrN3O/c1-5-6-18(24-11-13(2)9-14(3)12-24)19-22-17-8-7-15(21)10-16(17)20(25)23(19)4/h7-8,10,13-14,18H,5-6,9,11-12H2,1-4H3/t13-,14+,18?. The maximum Gasteiger partial charge on any atom is 0.261 e. The van der Waals surface area contributed by atoms with Crippen molar-refractivity contribution >= 4 is 26.8 Å². The molecule has 25 heavy (non-hydrogen) atoms. The number of hydrogen-bond acceptors (Lipinski definition) is 3. The van der Waals surface area contributed by atoms with Crippen LogP contribution in [0.2, 0.25) is 0 Å². The van der Waals surface area contributed by atoms with E-state index in [-0.39, 0.29) is 11.6 Å². The Morgan fingerprint density at radius 1 is 1.28 bits per heavy atom. The summed E-state index contributed by atoms with van der Waals surface area (Å²) in [5, 5.41) is 0.677. The zero-order valence-corrected chi connectivity index (χ0v) is 17.2. The maximum atomic E-state index is 12.9. The van der Waals surface area contributed by atoms with Crippen LogP contribution in [0.25, 0.3) is 10.9 Å². The fourth-order valence-electron chi connectivity index (χ4n) is 4.27. The van der Waals surface area contributed by atoms with Crippen LogP contribution >= 0.6 is 15.9 Å². The van der Waals surface area contributed by atoms with Gasteiger partial charge in [0.05, 0.1) is 16.9 Å². The van der Waals surface area contributed by atoms with Crippen molar-refractivity contribution in [3.63, 3.8) is 0 Å².